The summed E-state index contributed by atoms with van der Waals surface area (Å²) < 4.78 is 9.87. The molecule has 0 aromatic carbocycles. The zero-order chi connectivity index (χ0) is 14.7. The van der Waals surface area contributed by atoms with Gasteiger partial charge in [0.1, 0.15) is 0 Å². The van der Waals surface area contributed by atoms with E-state index in [1.165, 1.54) is 12.0 Å². The van der Waals surface area contributed by atoms with E-state index in [2.05, 4.69) is 4.74 Å². The van der Waals surface area contributed by atoms with E-state index in [-0.39, 0.29) is 19.1 Å². The molecule has 20 heavy (non-hydrogen) atoms. The SMILES string of the molecule is COC(=O)C1CN(C(=O)[C@@H]2CCC[C@@H]2C(=O)O)CCO1. The molecule has 1 saturated heterocycles. The van der Waals surface area contributed by atoms with Gasteiger partial charge in [-0.15, -0.1) is 0 Å². The monoisotopic (exact) mass is 285 g/mol. The Kier molecular flexibility index (Phi) is 4.59. The van der Waals surface area contributed by atoms with Gasteiger partial charge in [0.15, 0.2) is 6.10 Å². The number of esters is 1. The summed E-state index contributed by atoms with van der Waals surface area (Å²) in [5, 5.41) is 9.14. The third kappa shape index (κ3) is 2.92. The van der Waals surface area contributed by atoms with E-state index in [0.29, 0.717) is 19.4 Å². The average Bonchev–Trinajstić information content (AvgIpc) is 2.95. The minimum atomic E-state index is -0.918. The summed E-state index contributed by atoms with van der Waals surface area (Å²) in [6.45, 7) is 0.777. The number of carboxylic acids is 1. The molecule has 2 aliphatic rings. The number of methoxy groups -OCH3 is 1. The quantitative estimate of drug-likeness (QED) is 0.727. The number of morpholine rings is 1. The Bertz CT molecular complexity index is 410. The molecule has 1 heterocycles. The van der Waals surface area contributed by atoms with E-state index in [1.807, 2.05) is 0 Å². The van der Waals surface area contributed by atoms with E-state index >= 15 is 0 Å². The van der Waals surface area contributed by atoms with Gasteiger partial charge in [-0.3, -0.25) is 9.59 Å². The number of ether oxygens (including phenoxy) is 2. The van der Waals surface area contributed by atoms with E-state index in [4.69, 9.17) is 9.84 Å². The molecule has 0 aromatic rings. The van der Waals surface area contributed by atoms with Crippen molar-refractivity contribution in [3.63, 3.8) is 0 Å². The highest BCUT2D eigenvalue weighted by Gasteiger charge is 2.41. The van der Waals surface area contributed by atoms with Crippen LogP contribution in [0.2, 0.25) is 0 Å². The lowest BCUT2D eigenvalue weighted by molar-refractivity contribution is -0.165. The summed E-state index contributed by atoms with van der Waals surface area (Å²) >= 11 is 0. The number of carboxylic acid groups (broad SMARTS) is 1. The van der Waals surface area contributed by atoms with Crippen molar-refractivity contribution in [1.82, 2.24) is 4.90 Å². The third-order valence-corrected chi connectivity index (χ3v) is 3.99. The van der Waals surface area contributed by atoms with Crippen LogP contribution in [0.5, 0.6) is 0 Å². The summed E-state index contributed by atoms with van der Waals surface area (Å²) in [4.78, 5) is 36.5. The second-order valence-corrected chi connectivity index (χ2v) is 5.15. The van der Waals surface area contributed by atoms with Crippen LogP contribution in [-0.2, 0) is 23.9 Å². The number of hydrogen-bond donors (Lipinski definition) is 1. The molecule has 7 nitrogen and oxygen atoms in total. The molecule has 1 aliphatic heterocycles. The van der Waals surface area contributed by atoms with Gasteiger partial charge in [-0.25, -0.2) is 4.79 Å². The minimum absolute atomic E-state index is 0.133. The van der Waals surface area contributed by atoms with Crippen LogP contribution >= 0.6 is 0 Å². The van der Waals surface area contributed by atoms with Crippen molar-refractivity contribution in [2.24, 2.45) is 11.8 Å². The minimum Gasteiger partial charge on any atom is -0.481 e. The standard InChI is InChI=1S/C13H19NO6/c1-19-13(18)10-7-14(5-6-20-10)11(15)8-3-2-4-9(8)12(16)17/h8-10H,2-7H2,1H3,(H,16,17)/t8-,9+,10?/m1/s1. The summed E-state index contributed by atoms with van der Waals surface area (Å²) in [5.74, 6) is -2.71. The molecule has 1 amide bonds. The first-order chi connectivity index (χ1) is 9.54. The molecule has 112 valence electrons. The van der Waals surface area contributed by atoms with Crippen LogP contribution in [0.1, 0.15) is 19.3 Å². The van der Waals surface area contributed by atoms with Gasteiger partial charge in [0, 0.05) is 6.54 Å². The van der Waals surface area contributed by atoms with Crippen LogP contribution in [0.15, 0.2) is 0 Å². The van der Waals surface area contributed by atoms with Crippen LogP contribution < -0.4 is 0 Å². The third-order valence-electron chi connectivity index (χ3n) is 3.99. The fraction of sp³-hybridized carbons (Fsp3) is 0.769. The van der Waals surface area contributed by atoms with Crippen molar-refractivity contribution >= 4 is 17.8 Å². The number of rotatable bonds is 3. The molecule has 0 bridgehead atoms. The Morgan fingerprint density at radius 3 is 2.60 bits per heavy atom. The molecule has 1 N–H and O–H groups in total. The Morgan fingerprint density at radius 1 is 1.25 bits per heavy atom. The summed E-state index contributed by atoms with van der Waals surface area (Å²) in [5.41, 5.74) is 0. The molecule has 1 unspecified atom stereocenters. The van der Waals surface area contributed by atoms with Crippen molar-refractivity contribution in [2.45, 2.75) is 25.4 Å². The average molecular weight is 285 g/mol. The molecule has 7 heteroatoms. The van der Waals surface area contributed by atoms with Crippen LogP contribution in [0.3, 0.4) is 0 Å². The fourth-order valence-corrected chi connectivity index (χ4v) is 2.91. The molecule has 1 aliphatic carbocycles. The first-order valence-electron chi connectivity index (χ1n) is 6.75. The van der Waals surface area contributed by atoms with Gasteiger partial charge >= 0.3 is 11.9 Å². The number of nitrogens with zero attached hydrogens (tertiary/aromatic N) is 1. The van der Waals surface area contributed by atoms with Crippen LogP contribution in [-0.4, -0.2) is 60.8 Å². The van der Waals surface area contributed by atoms with Crippen molar-refractivity contribution in [3.8, 4) is 0 Å². The van der Waals surface area contributed by atoms with Crippen LogP contribution in [0.4, 0.5) is 0 Å². The van der Waals surface area contributed by atoms with Gasteiger partial charge < -0.3 is 19.5 Å². The van der Waals surface area contributed by atoms with E-state index in [9.17, 15) is 14.4 Å². The number of hydrogen-bond acceptors (Lipinski definition) is 5. The second-order valence-electron chi connectivity index (χ2n) is 5.15. The lowest BCUT2D eigenvalue weighted by atomic mass is 9.94. The smallest absolute Gasteiger partial charge is 0.336 e. The van der Waals surface area contributed by atoms with E-state index in [1.54, 1.807) is 0 Å². The maximum absolute atomic E-state index is 12.4. The molecular formula is C13H19NO6. The van der Waals surface area contributed by atoms with Gasteiger partial charge in [0.25, 0.3) is 0 Å². The van der Waals surface area contributed by atoms with Crippen molar-refractivity contribution < 1.29 is 29.0 Å². The maximum atomic E-state index is 12.4. The lowest BCUT2D eigenvalue weighted by Gasteiger charge is -2.33. The molecule has 2 fully saturated rings. The van der Waals surface area contributed by atoms with Crippen LogP contribution in [0, 0.1) is 11.8 Å². The topological polar surface area (TPSA) is 93.1 Å². The predicted molar refractivity (Wildman–Crippen MR) is 66.8 cm³/mol. The van der Waals surface area contributed by atoms with Gasteiger partial charge in [-0.1, -0.05) is 6.42 Å². The Balaban J connectivity index is 2.01. The van der Waals surface area contributed by atoms with Crippen molar-refractivity contribution in [3.05, 3.63) is 0 Å². The highest BCUT2D eigenvalue weighted by molar-refractivity contribution is 5.86. The second kappa shape index (κ2) is 6.21. The van der Waals surface area contributed by atoms with Crippen LogP contribution in [0.25, 0.3) is 0 Å². The summed E-state index contributed by atoms with van der Waals surface area (Å²) in [6.07, 6.45) is 1.10. The van der Waals surface area contributed by atoms with Gasteiger partial charge in [-0.05, 0) is 12.8 Å². The number of carbonyl (C=O) groups is 3. The molecule has 2 rings (SSSR count). The molecular weight excluding hydrogens is 266 g/mol. The fourth-order valence-electron chi connectivity index (χ4n) is 2.91. The molecule has 0 radical (unpaired) electrons. The van der Waals surface area contributed by atoms with Gasteiger partial charge in [0.05, 0.1) is 32.1 Å². The summed E-state index contributed by atoms with van der Waals surface area (Å²) in [6, 6.07) is 0. The molecule has 3 atom stereocenters. The lowest BCUT2D eigenvalue weighted by Crippen LogP contribution is -2.51. The van der Waals surface area contributed by atoms with Gasteiger partial charge in [0.2, 0.25) is 5.91 Å². The zero-order valence-corrected chi connectivity index (χ0v) is 11.4. The van der Waals surface area contributed by atoms with Crippen molar-refractivity contribution in [1.29, 1.82) is 0 Å². The largest absolute Gasteiger partial charge is 0.481 e. The highest BCUT2D eigenvalue weighted by atomic mass is 16.6. The summed E-state index contributed by atoms with van der Waals surface area (Å²) in [7, 11) is 1.27. The number of carbonyl (C=O) groups excluding carboxylic acids is 2. The normalized spacial score (nSPS) is 30.1. The Hall–Kier alpha value is -1.63. The molecule has 0 spiro atoms. The zero-order valence-electron chi connectivity index (χ0n) is 11.4. The first-order valence-corrected chi connectivity index (χ1v) is 6.75. The van der Waals surface area contributed by atoms with Gasteiger partial charge in [-0.2, -0.15) is 0 Å². The predicted octanol–water partition coefficient (Wildman–Crippen LogP) is -0.112. The van der Waals surface area contributed by atoms with E-state index < -0.39 is 29.9 Å². The molecule has 0 aromatic heterocycles. The first kappa shape index (κ1) is 14.8. The number of aliphatic carboxylic acids is 1. The Morgan fingerprint density at radius 2 is 1.95 bits per heavy atom. The molecule has 1 saturated carbocycles. The highest BCUT2D eigenvalue weighted by Crippen LogP contribution is 2.33. The van der Waals surface area contributed by atoms with Crippen molar-refractivity contribution in [2.75, 3.05) is 26.8 Å². The van der Waals surface area contributed by atoms with E-state index in [0.717, 1.165) is 6.42 Å². The Labute approximate surface area is 116 Å². The maximum Gasteiger partial charge on any atom is 0.336 e. The number of amides is 1.